The summed E-state index contributed by atoms with van der Waals surface area (Å²) < 4.78 is 0. The average Bonchev–Trinajstić information content (AvgIpc) is 1.88. The van der Waals surface area contributed by atoms with Crippen LogP contribution in [0.25, 0.3) is 0 Å². The first-order valence-corrected chi connectivity index (χ1v) is 3.87. The van der Waals surface area contributed by atoms with Crippen molar-refractivity contribution in [3.63, 3.8) is 0 Å². The van der Waals surface area contributed by atoms with Crippen molar-refractivity contribution < 1.29 is 0 Å². The van der Waals surface area contributed by atoms with Crippen LogP contribution >= 0.6 is 0 Å². The van der Waals surface area contributed by atoms with Crippen molar-refractivity contribution in [1.29, 1.82) is 0 Å². The Morgan fingerprint density at radius 3 is 2.67 bits per heavy atom. The lowest BCUT2D eigenvalue weighted by atomic mass is 9.85. The second-order valence-electron chi connectivity index (χ2n) is 3.08. The fourth-order valence-electron chi connectivity index (χ4n) is 1.59. The third-order valence-electron chi connectivity index (χ3n) is 2.23. The molecule has 0 spiro atoms. The van der Waals surface area contributed by atoms with Gasteiger partial charge in [-0.3, -0.25) is 0 Å². The van der Waals surface area contributed by atoms with Crippen LogP contribution in [0.15, 0.2) is 0 Å². The van der Waals surface area contributed by atoms with E-state index in [0.29, 0.717) is 6.04 Å². The average molecular weight is 126 g/mol. The van der Waals surface area contributed by atoms with Gasteiger partial charge in [0.05, 0.1) is 0 Å². The molecule has 1 nitrogen and oxygen atoms in total. The molecule has 1 saturated carbocycles. The molecule has 2 atom stereocenters. The minimum Gasteiger partial charge on any atom is -0.328 e. The zero-order valence-electron chi connectivity index (χ0n) is 5.97. The highest BCUT2D eigenvalue weighted by Gasteiger charge is 2.16. The lowest BCUT2D eigenvalue weighted by Gasteiger charge is -2.25. The van der Waals surface area contributed by atoms with Gasteiger partial charge in [0.1, 0.15) is 0 Å². The quantitative estimate of drug-likeness (QED) is 0.569. The summed E-state index contributed by atoms with van der Waals surface area (Å²) >= 11 is 0. The Hall–Kier alpha value is -0.0400. The maximum Gasteiger partial charge on any atom is 0.00414 e. The van der Waals surface area contributed by atoms with Gasteiger partial charge in [-0.05, 0) is 18.8 Å². The summed E-state index contributed by atoms with van der Waals surface area (Å²) in [4.78, 5) is 0. The van der Waals surface area contributed by atoms with Crippen molar-refractivity contribution in [2.75, 3.05) is 0 Å². The molecule has 1 aliphatic rings. The molecule has 9 heavy (non-hydrogen) atoms. The van der Waals surface area contributed by atoms with Gasteiger partial charge in [0, 0.05) is 6.04 Å². The van der Waals surface area contributed by atoms with Crippen LogP contribution in [0.4, 0.5) is 0 Å². The smallest absolute Gasteiger partial charge is 0.00414 e. The molecule has 0 aromatic carbocycles. The Labute approximate surface area is 57.6 Å². The Morgan fingerprint density at radius 1 is 1.44 bits per heavy atom. The SMILES string of the molecule is [CH2]CC1CCCC(N)C1. The van der Waals surface area contributed by atoms with Gasteiger partial charge in [-0.1, -0.05) is 26.2 Å². The standard InChI is InChI=1S/C8H16N/c1-2-7-4-3-5-8(9)6-7/h7-8H,1-6,9H2. The predicted octanol–water partition coefficient (Wildman–Crippen LogP) is 1.73. The zero-order valence-corrected chi connectivity index (χ0v) is 5.97. The largest absolute Gasteiger partial charge is 0.328 e. The van der Waals surface area contributed by atoms with Gasteiger partial charge in [-0.2, -0.15) is 0 Å². The molecule has 0 heterocycles. The molecule has 0 saturated heterocycles. The molecule has 53 valence electrons. The summed E-state index contributed by atoms with van der Waals surface area (Å²) in [5.74, 6) is 0.828. The third-order valence-corrected chi connectivity index (χ3v) is 2.23. The van der Waals surface area contributed by atoms with Crippen LogP contribution in [0.3, 0.4) is 0 Å². The summed E-state index contributed by atoms with van der Waals surface area (Å²) in [6, 6.07) is 0.477. The van der Waals surface area contributed by atoms with Crippen molar-refractivity contribution in [1.82, 2.24) is 0 Å². The molecular weight excluding hydrogens is 110 g/mol. The van der Waals surface area contributed by atoms with Gasteiger partial charge in [0.2, 0.25) is 0 Å². The summed E-state index contributed by atoms with van der Waals surface area (Å²) in [6.45, 7) is 3.89. The van der Waals surface area contributed by atoms with Crippen LogP contribution in [0, 0.1) is 12.8 Å². The third kappa shape index (κ3) is 1.98. The molecule has 0 amide bonds. The summed E-state index contributed by atoms with van der Waals surface area (Å²) in [5.41, 5.74) is 5.77. The first kappa shape index (κ1) is 7.07. The van der Waals surface area contributed by atoms with E-state index in [9.17, 15) is 0 Å². The van der Waals surface area contributed by atoms with Crippen molar-refractivity contribution >= 4 is 0 Å². The summed E-state index contributed by atoms with van der Waals surface area (Å²) in [5, 5.41) is 0. The molecule has 1 rings (SSSR count). The highest BCUT2D eigenvalue weighted by molar-refractivity contribution is 4.75. The van der Waals surface area contributed by atoms with E-state index in [-0.39, 0.29) is 0 Å². The first-order chi connectivity index (χ1) is 4.33. The molecule has 2 N–H and O–H groups in total. The van der Waals surface area contributed by atoms with Gasteiger partial charge in [0.25, 0.3) is 0 Å². The van der Waals surface area contributed by atoms with E-state index in [1.54, 1.807) is 0 Å². The molecular formula is C8H16N. The summed E-state index contributed by atoms with van der Waals surface area (Å²) in [6.07, 6.45) is 6.20. The van der Waals surface area contributed by atoms with Crippen molar-refractivity contribution in [3.05, 3.63) is 6.92 Å². The maximum atomic E-state index is 5.77. The van der Waals surface area contributed by atoms with Crippen LogP contribution in [-0.2, 0) is 0 Å². The van der Waals surface area contributed by atoms with Crippen LogP contribution < -0.4 is 5.73 Å². The molecule has 0 bridgehead atoms. The minimum atomic E-state index is 0.477. The molecule has 2 unspecified atom stereocenters. The monoisotopic (exact) mass is 126 g/mol. The first-order valence-electron chi connectivity index (χ1n) is 3.87. The highest BCUT2D eigenvalue weighted by atomic mass is 14.6. The van der Waals surface area contributed by atoms with Crippen LogP contribution in [-0.4, -0.2) is 6.04 Å². The van der Waals surface area contributed by atoms with E-state index in [1.165, 1.54) is 25.7 Å². The van der Waals surface area contributed by atoms with E-state index in [2.05, 4.69) is 6.92 Å². The van der Waals surface area contributed by atoms with Gasteiger partial charge in [-0.15, -0.1) is 0 Å². The highest BCUT2D eigenvalue weighted by Crippen LogP contribution is 2.24. The van der Waals surface area contributed by atoms with Crippen LogP contribution in [0.5, 0.6) is 0 Å². The van der Waals surface area contributed by atoms with E-state index in [4.69, 9.17) is 5.73 Å². The van der Waals surface area contributed by atoms with E-state index in [0.717, 1.165) is 12.3 Å². The van der Waals surface area contributed by atoms with Gasteiger partial charge in [-0.25, -0.2) is 0 Å². The predicted molar refractivity (Wildman–Crippen MR) is 39.9 cm³/mol. The maximum absolute atomic E-state index is 5.77. The normalized spacial score (nSPS) is 36.7. The van der Waals surface area contributed by atoms with E-state index < -0.39 is 0 Å². The van der Waals surface area contributed by atoms with Crippen molar-refractivity contribution in [3.8, 4) is 0 Å². The Bertz CT molecular complexity index is 80.6. The van der Waals surface area contributed by atoms with E-state index >= 15 is 0 Å². The van der Waals surface area contributed by atoms with Crippen molar-refractivity contribution in [2.45, 2.75) is 38.1 Å². The van der Waals surface area contributed by atoms with Crippen LogP contribution in [0.1, 0.15) is 32.1 Å². The number of hydrogen-bond donors (Lipinski definition) is 1. The molecule has 1 fully saturated rings. The van der Waals surface area contributed by atoms with Gasteiger partial charge >= 0.3 is 0 Å². The minimum absolute atomic E-state index is 0.477. The van der Waals surface area contributed by atoms with E-state index in [1.807, 2.05) is 0 Å². The topological polar surface area (TPSA) is 26.0 Å². The lowest BCUT2D eigenvalue weighted by Crippen LogP contribution is -2.27. The second kappa shape index (κ2) is 3.21. The molecule has 0 aromatic rings. The summed E-state index contributed by atoms with van der Waals surface area (Å²) in [7, 11) is 0. The lowest BCUT2D eigenvalue weighted by molar-refractivity contribution is 0.324. The molecule has 1 aliphatic carbocycles. The fourth-order valence-corrected chi connectivity index (χ4v) is 1.59. The molecule has 0 aliphatic heterocycles. The number of hydrogen-bond acceptors (Lipinski definition) is 1. The molecule has 0 aromatic heterocycles. The van der Waals surface area contributed by atoms with Crippen LogP contribution in [0.2, 0.25) is 0 Å². The van der Waals surface area contributed by atoms with Crippen molar-refractivity contribution in [2.24, 2.45) is 11.7 Å². The van der Waals surface area contributed by atoms with Gasteiger partial charge < -0.3 is 5.73 Å². The Morgan fingerprint density at radius 2 is 2.22 bits per heavy atom. The second-order valence-corrected chi connectivity index (χ2v) is 3.08. The number of rotatable bonds is 1. The number of nitrogens with two attached hydrogens (primary N) is 1. The Kier molecular flexibility index (Phi) is 2.52. The zero-order chi connectivity index (χ0) is 6.69. The molecule has 1 heteroatoms. The molecule has 1 radical (unpaired) electrons. The fraction of sp³-hybridized carbons (Fsp3) is 0.875. The Balaban J connectivity index is 2.23. The van der Waals surface area contributed by atoms with Gasteiger partial charge in [0.15, 0.2) is 0 Å².